The first-order chi connectivity index (χ1) is 14.2. The molecule has 0 radical (unpaired) electrons. The molecular weight excluding hydrogens is 399 g/mol. The van der Waals surface area contributed by atoms with Crippen LogP contribution in [0.3, 0.4) is 0 Å². The highest BCUT2D eigenvalue weighted by molar-refractivity contribution is 5.81. The second-order valence-corrected chi connectivity index (χ2v) is 7.06. The van der Waals surface area contributed by atoms with Crippen molar-refractivity contribution in [2.24, 2.45) is 0 Å². The number of aryl methyl sites for hydroxylation is 1. The molecule has 2 aromatic rings. The van der Waals surface area contributed by atoms with Gasteiger partial charge >= 0.3 is 12.1 Å². The molecule has 1 fully saturated rings. The van der Waals surface area contributed by atoms with Crippen LogP contribution in [-0.2, 0) is 26.9 Å². The number of piperazine rings is 1. The fourth-order valence-electron chi connectivity index (χ4n) is 3.15. The average molecular weight is 421 g/mol. The standard InChI is InChI=1S/C21H22F3N3O3/c1-15-5-6-16(13-25-15)11-20(29)30-14-19(28)27-9-7-26(8-10-27)18-4-2-3-17(12-18)21(22,23)24/h2-6,12-13H,7-11,14H2,1H3. The lowest BCUT2D eigenvalue weighted by molar-refractivity contribution is -0.151. The number of ether oxygens (including phenoxy) is 1. The third-order valence-electron chi connectivity index (χ3n) is 4.85. The smallest absolute Gasteiger partial charge is 0.416 e. The second-order valence-electron chi connectivity index (χ2n) is 7.06. The van der Waals surface area contributed by atoms with Crippen LogP contribution in [0.15, 0.2) is 42.6 Å². The zero-order valence-electron chi connectivity index (χ0n) is 16.5. The predicted molar refractivity (Wildman–Crippen MR) is 104 cm³/mol. The van der Waals surface area contributed by atoms with Crippen molar-refractivity contribution in [2.45, 2.75) is 19.5 Å². The Hall–Kier alpha value is -3.10. The number of nitrogens with zero attached hydrogens (tertiary/aromatic N) is 3. The van der Waals surface area contributed by atoms with Gasteiger partial charge in [-0.2, -0.15) is 13.2 Å². The maximum absolute atomic E-state index is 12.9. The van der Waals surface area contributed by atoms with Crippen molar-refractivity contribution >= 4 is 17.6 Å². The number of alkyl halides is 3. The molecule has 0 spiro atoms. The summed E-state index contributed by atoms with van der Waals surface area (Å²) in [7, 11) is 0. The summed E-state index contributed by atoms with van der Waals surface area (Å²) in [5, 5.41) is 0. The molecule has 3 rings (SSSR count). The van der Waals surface area contributed by atoms with Gasteiger partial charge in [0.1, 0.15) is 0 Å². The summed E-state index contributed by atoms with van der Waals surface area (Å²) < 4.78 is 43.7. The minimum atomic E-state index is -4.40. The van der Waals surface area contributed by atoms with E-state index in [9.17, 15) is 22.8 Å². The van der Waals surface area contributed by atoms with Crippen molar-refractivity contribution in [3.8, 4) is 0 Å². The SMILES string of the molecule is Cc1ccc(CC(=O)OCC(=O)N2CCN(c3cccc(C(F)(F)F)c3)CC2)cn1. The molecule has 0 atom stereocenters. The van der Waals surface area contributed by atoms with E-state index in [1.807, 2.05) is 6.92 Å². The summed E-state index contributed by atoms with van der Waals surface area (Å²) in [6.07, 6.45) is -2.78. The Kier molecular flexibility index (Phi) is 6.59. The van der Waals surface area contributed by atoms with E-state index in [0.717, 1.165) is 17.8 Å². The Labute approximate surface area is 172 Å². The minimum absolute atomic E-state index is 0.0316. The average Bonchev–Trinajstić information content (AvgIpc) is 2.73. The largest absolute Gasteiger partial charge is 0.455 e. The Morgan fingerprint density at radius 3 is 2.47 bits per heavy atom. The molecule has 6 nitrogen and oxygen atoms in total. The number of amides is 1. The first kappa shape index (κ1) is 21.6. The second kappa shape index (κ2) is 9.15. The highest BCUT2D eigenvalue weighted by Crippen LogP contribution is 2.31. The lowest BCUT2D eigenvalue weighted by Crippen LogP contribution is -2.50. The quantitative estimate of drug-likeness (QED) is 0.695. The van der Waals surface area contributed by atoms with Crippen molar-refractivity contribution in [1.29, 1.82) is 0 Å². The Bertz CT molecular complexity index is 892. The number of esters is 1. The third-order valence-corrected chi connectivity index (χ3v) is 4.85. The fourth-order valence-corrected chi connectivity index (χ4v) is 3.15. The van der Waals surface area contributed by atoms with Gasteiger partial charge < -0.3 is 14.5 Å². The van der Waals surface area contributed by atoms with E-state index < -0.39 is 17.7 Å². The number of aromatic nitrogens is 1. The van der Waals surface area contributed by atoms with Crippen LogP contribution < -0.4 is 4.90 Å². The van der Waals surface area contributed by atoms with Crippen LogP contribution in [0.2, 0.25) is 0 Å². The van der Waals surface area contributed by atoms with E-state index in [1.165, 1.54) is 6.07 Å². The molecule has 2 heterocycles. The van der Waals surface area contributed by atoms with Crippen LogP contribution in [0.1, 0.15) is 16.8 Å². The van der Waals surface area contributed by atoms with Crippen LogP contribution in [0.4, 0.5) is 18.9 Å². The summed E-state index contributed by atoms with van der Waals surface area (Å²) >= 11 is 0. The first-order valence-corrected chi connectivity index (χ1v) is 9.49. The van der Waals surface area contributed by atoms with Crippen molar-refractivity contribution in [3.05, 3.63) is 59.4 Å². The van der Waals surface area contributed by atoms with Crippen LogP contribution in [0, 0.1) is 6.92 Å². The van der Waals surface area contributed by atoms with Crippen molar-refractivity contribution in [3.63, 3.8) is 0 Å². The van der Waals surface area contributed by atoms with E-state index in [2.05, 4.69) is 4.98 Å². The summed E-state index contributed by atoms with van der Waals surface area (Å²) in [6, 6.07) is 8.70. The van der Waals surface area contributed by atoms with E-state index >= 15 is 0 Å². The van der Waals surface area contributed by atoms with Gasteiger partial charge in [-0.3, -0.25) is 14.6 Å². The number of hydrogen-bond donors (Lipinski definition) is 0. The zero-order valence-corrected chi connectivity index (χ0v) is 16.5. The fraction of sp³-hybridized carbons (Fsp3) is 0.381. The number of halogens is 3. The molecule has 0 bridgehead atoms. The number of anilines is 1. The van der Waals surface area contributed by atoms with Gasteiger partial charge in [-0.25, -0.2) is 0 Å². The van der Waals surface area contributed by atoms with Gasteiger partial charge in [0.15, 0.2) is 6.61 Å². The predicted octanol–water partition coefficient (Wildman–Crippen LogP) is 2.84. The van der Waals surface area contributed by atoms with Gasteiger partial charge in [-0.1, -0.05) is 12.1 Å². The van der Waals surface area contributed by atoms with Crippen molar-refractivity contribution in [2.75, 3.05) is 37.7 Å². The lowest BCUT2D eigenvalue weighted by atomic mass is 10.1. The van der Waals surface area contributed by atoms with Crippen LogP contribution in [0.5, 0.6) is 0 Å². The van der Waals surface area contributed by atoms with Crippen molar-refractivity contribution in [1.82, 2.24) is 9.88 Å². The molecule has 0 aliphatic carbocycles. The molecule has 30 heavy (non-hydrogen) atoms. The zero-order chi connectivity index (χ0) is 21.7. The Balaban J connectivity index is 1.46. The molecule has 9 heteroatoms. The van der Waals surface area contributed by atoms with Gasteiger partial charge in [-0.05, 0) is 36.8 Å². The lowest BCUT2D eigenvalue weighted by Gasteiger charge is -2.36. The summed E-state index contributed by atoms with van der Waals surface area (Å²) in [6.45, 7) is 2.96. The first-order valence-electron chi connectivity index (χ1n) is 9.49. The van der Waals surface area contributed by atoms with Gasteiger partial charge in [0.05, 0.1) is 12.0 Å². The minimum Gasteiger partial charge on any atom is -0.455 e. The normalized spacial score (nSPS) is 14.5. The van der Waals surface area contributed by atoms with E-state index in [-0.39, 0.29) is 18.9 Å². The third kappa shape index (κ3) is 5.71. The maximum atomic E-state index is 12.9. The molecule has 1 aliphatic rings. The van der Waals surface area contributed by atoms with E-state index in [0.29, 0.717) is 37.4 Å². The van der Waals surface area contributed by atoms with Gasteiger partial charge in [0.2, 0.25) is 0 Å². The number of benzene rings is 1. The molecule has 1 aromatic heterocycles. The van der Waals surface area contributed by atoms with Gasteiger partial charge in [-0.15, -0.1) is 0 Å². The molecule has 0 N–H and O–H groups in total. The summed E-state index contributed by atoms with van der Waals surface area (Å²) in [5.74, 6) is -0.842. The highest BCUT2D eigenvalue weighted by atomic mass is 19.4. The molecule has 1 aromatic carbocycles. The molecular formula is C21H22F3N3O3. The van der Waals surface area contributed by atoms with E-state index in [4.69, 9.17) is 4.74 Å². The van der Waals surface area contributed by atoms with Crippen LogP contribution in [0.25, 0.3) is 0 Å². The van der Waals surface area contributed by atoms with Gasteiger partial charge in [0, 0.05) is 43.8 Å². The summed E-state index contributed by atoms with van der Waals surface area (Å²) in [4.78, 5) is 31.7. The maximum Gasteiger partial charge on any atom is 0.416 e. The van der Waals surface area contributed by atoms with Crippen molar-refractivity contribution < 1.29 is 27.5 Å². The molecule has 0 unspecified atom stereocenters. The molecule has 1 saturated heterocycles. The number of carbonyl (C=O) groups excluding carboxylic acids is 2. The number of pyridine rings is 1. The van der Waals surface area contributed by atoms with E-state index in [1.54, 1.807) is 34.2 Å². The number of carbonyl (C=O) groups is 2. The molecule has 160 valence electrons. The number of hydrogen-bond acceptors (Lipinski definition) is 5. The number of rotatable bonds is 5. The Morgan fingerprint density at radius 2 is 1.83 bits per heavy atom. The van der Waals surface area contributed by atoms with Crippen LogP contribution >= 0.6 is 0 Å². The Morgan fingerprint density at radius 1 is 1.10 bits per heavy atom. The molecule has 0 saturated carbocycles. The summed E-state index contributed by atoms with van der Waals surface area (Å²) in [5.41, 5.74) is 1.31. The van der Waals surface area contributed by atoms with Crippen LogP contribution in [-0.4, -0.2) is 54.5 Å². The monoisotopic (exact) mass is 421 g/mol. The highest BCUT2D eigenvalue weighted by Gasteiger charge is 2.31. The molecule has 1 aliphatic heterocycles. The topological polar surface area (TPSA) is 62.7 Å². The molecule has 1 amide bonds. The van der Waals surface area contributed by atoms with Gasteiger partial charge in [0.25, 0.3) is 5.91 Å².